The first kappa shape index (κ1) is 12.2. The molecule has 2 rings (SSSR count). The van der Waals surface area contributed by atoms with E-state index in [1.54, 1.807) is 6.20 Å². The van der Waals surface area contributed by atoms with Crippen LogP contribution in [-0.2, 0) is 12.4 Å². The van der Waals surface area contributed by atoms with Crippen molar-refractivity contribution in [1.82, 2.24) is 4.98 Å². The monoisotopic (exact) mass is 266 g/mol. The maximum atomic E-state index is 6.00. The van der Waals surface area contributed by atoms with Crippen molar-refractivity contribution in [3.05, 3.63) is 58.7 Å². The lowest BCUT2D eigenvalue weighted by atomic mass is 10.1. The van der Waals surface area contributed by atoms with Crippen molar-refractivity contribution in [2.24, 2.45) is 0 Å². The van der Waals surface area contributed by atoms with Gasteiger partial charge in [-0.15, -0.1) is 11.6 Å². The van der Waals surface area contributed by atoms with Gasteiger partial charge in [0.05, 0.1) is 5.02 Å². The molecule has 0 aliphatic heterocycles. The van der Waals surface area contributed by atoms with E-state index in [-0.39, 0.29) is 0 Å². The topological polar surface area (TPSA) is 24.9 Å². The van der Waals surface area contributed by atoms with Gasteiger partial charge in [0.15, 0.2) is 0 Å². The summed E-state index contributed by atoms with van der Waals surface area (Å²) in [6, 6.07) is 11.7. The number of pyridine rings is 1. The van der Waals surface area contributed by atoms with Crippen LogP contribution in [0.4, 0.5) is 5.82 Å². The molecule has 4 heteroatoms. The summed E-state index contributed by atoms with van der Waals surface area (Å²) in [5.74, 6) is 1.25. The molecule has 1 heterocycles. The van der Waals surface area contributed by atoms with Crippen LogP contribution < -0.4 is 5.32 Å². The molecule has 0 aliphatic rings. The number of benzene rings is 1. The summed E-state index contributed by atoms with van der Waals surface area (Å²) in [4.78, 5) is 4.16. The van der Waals surface area contributed by atoms with E-state index in [0.29, 0.717) is 23.3 Å². The summed E-state index contributed by atoms with van der Waals surface area (Å²) in [6.45, 7) is 0.694. The zero-order valence-electron chi connectivity index (χ0n) is 9.16. The van der Waals surface area contributed by atoms with Crippen LogP contribution in [0.15, 0.2) is 42.6 Å². The van der Waals surface area contributed by atoms with Crippen LogP contribution in [0.1, 0.15) is 11.1 Å². The number of hydrogen-bond acceptors (Lipinski definition) is 2. The van der Waals surface area contributed by atoms with Crippen LogP contribution in [0.5, 0.6) is 0 Å². The molecule has 0 fully saturated rings. The predicted octanol–water partition coefficient (Wildman–Crippen LogP) is 4.09. The van der Waals surface area contributed by atoms with Crippen molar-refractivity contribution >= 4 is 29.0 Å². The second-order valence-electron chi connectivity index (χ2n) is 3.64. The molecule has 2 nitrogen and oxygen atoms in total. The molecular formula is C13H12Cl2N2. The number of nitrogens with zero attached hydrogens (tertiary/aromatic N) is 1. The molecule has 0 aliphatic carbocycles. The highest BCUT2D eigenvalue weighted by Gasteiger charge is 2.00. The standard InChI is InChI=1S/C13H12Cl2N2/c14-8-10-3-5-11(6-4-10)9-17-13-12(15)2-1-7-16-13/h1-7H,8-9H2,(H,16,17). The minimum absolute atomic E-state index is 0.541. The van der Waals surface area contributed by atoms with Gasteiger partial charge in [0, 0.05) is 18.6 Å². The minimum Gasteiger partial charge on any atom is -0.365 e. The van der Waals surface area contributed by atoms with E-state index in [2.05, 4.69) is 10.3 Å². The smallest absolute Gasteiger partial charge is 0.145 e. The molecular weight excluding hydrogens is 255 g/mol. The van der Waals surface area contributed by atoms with Crippen LogP contribution in [0.2, 0.25) is 5.02 Å². The quantitative estimate of drug-likeness (QED) is 0.844. The SMILES string of the molecule is ClCc1ccc(CNc2ncccc2Cl)cc1. The molecule has 0 saturated heterocycles. The van der Waals surface area contributed by atoms with Crippen molar-refractivity contribution in [2.45, 2.75) is 12.4 Å². The van der Waals surface area contributed by atoms with E-state index in [4.69, 9.17) is 23.2 Å². The largest absolute Gasteiger partial charge is 0.365 e. The summed E-state index contributed by atoms with van der Waals surface area (Å²) in [6.07, 6.45) is 1.71. The van der Waals surface area contributed by atoms with E-state index >= 15 is 0 Å². The number of halogens is 2. The summed E-state index contributed by atoms with van der Waals surface area (Å²) in [7, 11) is 0. The van der Waals surface area contributed by atoms with Crippen LogP contribution in [0.3, 0.4) is 0 Å². The number of rotatable bonds is 4. The molecule has 1 N–H and O–H groups in total. The normalized spacial score (nSPS) is 10.2. The van der Waals surface area contributed by atoms with Gasteiger partial charge in [-0.3, -0.25) is 0 Å². The van der Waals surface area contributed by atoms with Gasteiger partial charge in [0.25, 0.3) is 0 Å². The molecule has 0 atom stereocenters. The highest BCUT2D eigenvalue weighted by Crippen LogP contribution is 2.18. The highest BCUT2D eigenvalue weighted by atomic mass is 35.5. The van der Waals surface area contributed by atoms with E-state index < -0.39 is 0 Å². The first-order valence-electron chi connectivity index (χ1n) is 5.28. The molecule has 0 radical (unpaired) electrons. The third kappa shape index (κ3) is 3.35. The van der Waals surface area contributed by atoms with E-state index in [9.17, 15) is 0 Å². The van der Waals surface area contributed by atoms with E-state index in [0.717, 1.165) is 5.56 Å². The van der Waals surface area contributed by atoms with Crippen LogP contribution >= 0.6 is 23.2 Å². The number of anilines is 1. The number of aromatic nitrogens is 1. The van der Waals surface area contributed by atoms with Gasteiger partial charge in [0.2, 0.25) is 0 Å². The Morgan fingerprint density at radius 2 is 1.76 bits per heavy atom. The highest BCUT2D eigenvalue weighted by molar-refractivity contribution is 6.32. The van der Waals surface area contributed by atoms with E-state index in [1.807, 2.05) is 36.4 Å². The van der Waals surface area contributed by atoms with Crippen LogP contribution in [-0.4, -0.2) is 4.98 Å². The molecule has 2 aromatic rings. The fourth-order valence-electron chi connectivity index (χ4n) is 1.45. The summed E-state index contributed by atoms with van der Waals surface area (Å²) < 4.78 is 0. The Morgan fingerprint density at radius 3 is 2.41 bits per heavy atom. The maximum absolute atomic E-state index is 6.00. The zero-order chi connectivity index (χ0) is 12.1. The average molecular weight is 267 g/mol. The van der Waals surface area contributed by atoms with Crippen LogP contribution in [0, 0.1) is 0 Å². The van der Waals surface area contributed by atoms with Crippen molar-refractivity contribution in [3.63, 3.8) is 0 Å². The van der Waals surface area contributed by atoms with Gasteiger partial charge < -0.3 is 5.32 Å². The second-order valence-corrected chi connectivity index (χ2v) is 4.31. The van der Waals surface area contributed by atoms with Gasteiger partial charge >= 0.3 is 0 Å². The molecule has 1 aromatic heterocycles. The van der Waals surface area contributed by atoms with Crippen molar-refractivity contribution in [2.75, 3.05) is 5.32 Å². The maximum Gasteiger partial charge on any atom is 0.145 e. The summed E-state index contributed by atoms with van der Waals surface area (Å²) in [5, 5.41) is 3.82. The number of hydrogen-bond donors (Lipinski definition) is 1. The lowest BCUT2D eigenvalue weighted by Crippen LogP contribution is -2.01. The Hall–Kier alpha value is -1.25. The lowest BCUT2D eigenvalue weighted by Gasteiger charge is -2.07. The molecule has 17 heavy (non-hydrogen) atoms. The zero-order valence-corrected chi connectivity index (χ0v) is 10.7. The fourth-order valence-corrected chi connectivity index (χ4v) is 1.81. The molecule has 0 unspecified atom stereocenters. The van der Waals surface area contributed by atoms with Crippen molar-refractivity contribution in [3.8, 4) is 0 Å². The number of alkyl halides is 1. The summed E-state index contributed by atoms with van der Waals surface area (Å²) in [5.41, 5.74) is 2.28. The second kappa shape index (κ2) is 5.89. The Morgan fingerprint density at radius 1 is 1.06 bits per heavy atom. The number of nitrogens with one attached hydrogen (secondary N) is 1. The van der Waals surface area contributed by atoms with E-state index in [1.165, 1.54) is 5.56 Å². The van der Waals surface area contributed by atoms with Gasteiger partial charge in [0.1, 0.15) is 5.82 Å². The molecule has 0 saturated carbocycles. The predicted molar refractivity (Wildman–Crippen MR) is 72.6 cm³/mol. The Balaban J connectivity index is 2.00. The minimum atomic E-state index is 0.541. The lowest BCUT2D eigenvalue weighted by molar-refractivity contribution is 1.11. The molecule has 88 valence electrons. The molecule has 0 spiro atoms. The van der Waals surface area contributed by atoms with Gasteiger partial charge in [-0.05, 0) is 23.3 Å². The Bertz CT molecular complexity index is 483. The fraction of sp³-hybridized carbons (Fsp3) is 0.154. The van der Waals surface area contributed by atoms with Gasteiger partial charge in [-0.1, -0.05) is 35.9 Å². The van der Waals surface area contributed by atoms with Gasteiger partial charge in [-0.25, -0.2) is 4.98 Å². The van der Waals surface area contributed by atoms with Crippen molar-refractivity contribution < 1.29 is 0 Å². The van der Waals surface area contributed by atoms with Crippen molar-refractivity contribution in [1.29, 1.82) is 0 Å². The first-order valence-corrected chi connectivity index (χ1v) is 6.19. The van der Waals surface area contributed by atoms with Gasteiger partial charge in [-0.2, -0.15) is 0 Å². The summed E-state index contributed by atoms with van der Waals surface area (Å²) >= 11 is 11.7. The average Bonchev–Trinajstić information content (AvgIpc) is 2.38. The Labute approximate surface area is 111 Å². The first-order chi connectivity index (χ1) is 8.29. The third-order valence-electron chi connectivity index (χ3n) is 2.40. The molecule has 0 bridgehead atoms. The molecule has 0 amide bonds. The molecule has 1 aromatic carbocycles. The third-order valence-corrected chi connectivity index (χ3v) is 3.01. The van der Waals surface area contributed by atoms with Crippen LogP contribution in [0.25, 0.3) is 0 Å². The Kier molecular flexibility index (Phi) is 4.24.